The van der Waals surface area contributed by atoms with Gasteiger partial charge in [0.2, 0.25) is 0 Å². The number of benzene rings is 3. The lowest BCUT2D eigenvalue weighted by Gasteiger charge is -2.11. The number of para-hydroxylation sites is 2. The maximum absolute atomic E-state index is 12.1. The Balaban J connectivity index is 1.53. The fourth-order valence-electron chi connectivity index (χ4n) is 4.77. The molecule has 0 aliphatic carbocycles. The summed E-state index contributed by atoms with van der Waals surface area (Å²) in [7, 11) is 1.91. The van der Waals surface area contributed by atoms with Gasteiger partial charge in [0.25, 0.3) is 0 Å². The minimum Gasteiger partial charge on any atom is -0.487 e. The van der Waals surface area contributed by atoms with Crippen LogP contribution in [0.3, 0.4) is 0 Å². The smallest absolute Gasteiger partial charge is 0.310 e. The molecule has 5 rings (SSSR count). The van der Waals surface area contributed by atoms with Crippen molar-refractivity contribution in [1.82, 2.24) is 19.6 Å². The Morgan fingerprint density at radius 3 is 2.62 bits per heavy atom. The number of ether oxygens (including phenoxy) is 2. The molecular weight excluding hydrogens is 466 g/mol. The van der Waals surface area contributed by atoms with Crippen LogP contribution in [0.25, 0.3) is 32.9 Å². The van der Waals surface area contributed by atoms with E-state index in [0.717, 1.165) is 44.2 Å². The number of carbonyl (C=O) groups excluding carboxylic acids is 1. The number of hydrogen-bond acceptors (Lipinski definition) is 6. The summed E-state index contributed by atoms with van der Waals surface area (Å²) in [6, 6.07) is 20.2. The van der Waals surface area contributed by atoms with Crippen molar-refractivity contribution in [1.29, 1.82) is 0 Å². The number of nitrogens with two attached hydrogens (primary N) is 1. The minimum atomic E-state index is -0.275. The van der Waals surface area contributed by atoms with Crippen molar-refractivity contribution in [2.75, 3.05) is 12.3 Å². The molecule has 8 heteroatoms. The Bertz CT molecular complexity index is 1600. The van der Waals surface area contributed by atoms with E-state index in [0.29, 0.717) is 18.2 Å². The van der Waals surface area contributed by atoms with Crippen LogP contribution in [0.2, 0.25) is 0 Å². The molecule has 0 saturated carbocycles. The van der Waals surface area contributed by atoms with Gasteiger partial charge in [-0.15, -0.1) is 0 Å². The highest BCUT2D eigenvalue weighted by Gasteiger charge is 2.18. The Kier molecular flexibility index (Phi) is 6.56. The van der Waals surface area contributed by atoms with Crippen LogP contribution >= 0.6 is 0 Å². The number of rotatable bonds is 8. The van der Waals surface area contributed by atoms with E-state index >= 15 is 0 Å². The molecule has 0 saturated heterocycles. The van der Waals surface area contributed by atoms with E-state index in [9.17, 15) is 4.79 Å². The second-order valence-corrected chi connectivity index (χ2v) is 9.31. The SMILES string of the molecule is CCOC(=O)Cc1ccccc1OCc1nn(C(C)C)c2ccc(-c3cccc4c(N)nn(C)c34)cc12. The van der Waals surface area contributed by atoms with Crippen LogP contribution in [-0.4, -0.2) is 32.1 Å². The maximum atomic E-state index is 12.1. The lowest BCUT2D eigenvalue weighted by molar-refractivity contribution is -0.142. The number of anilines is 1. The Morgan fingerprint density at radius 2 is 1.84 bits per heavy atom. The van der Waals surface area contributed by atoms with Crippen molar-refractivity contribution < 1.29 is 14.3 Å². The summed E-state index contributed by atoms with van der Waals surface area (Å²) in [5, 5.41) is 11.3. The number of carbonyl (C=O) groups is 1. The molecule has 0 atom stereocenters. The zero-order valence-electron chi connectivity index (χ0n) is 21.6. The van der Waals surface area contributed by atoms with Crippen LogP contribution in [0.5, 0.6) is 5.75 Å². The number of esters is 1. The zero-order chi connectivity index (χ0) is 26.1. The third-order valence-corrected chi connectivity index (χ3v) is 6.45. The fraction of sp³-hybridized carbons (Fsp3) is 0.276. The van der Waals surface area contributed by atoms with Gasteiger partial charge in [0.15, 0.2) is 5.82 Å². The highest BCUT2D eigenvalue weighted by Crippen LogP contribution is 2.34. The summed E-state index contributed by atoms with van der Waals surface area (Å²) in [6.45, 7) is 6.64. The molecule has 0 amide bonds. The van der Waals surface area contributed by atoms with Crippen LogP contribution in [0.4, 0.5) is 5.82 Å². The quantitative estimate of drug-likeness (QED) is 0.287. The lowest BCUT2D eigenvalue weighted by atomic mass is 10.0. The molecule has 37 heavy (non-hydrogen) atoms. The van der Waals surface area contributed by atoms with Crippen LogP contribution < -0.4 is 10.5 Å². The van der Waals surface area contributed by atoms with E-state index in [1.807, 2.05) is 52.8 Å². The largest absolute Gasteiger partial charge is 0.487 e. The third kappa shape index (κ3) is 4.62. The van der Waals surface area contributed by atoms with Crippen LogP contribution in [0, 0.1) is 0 Å². The summed E-state index contributed by atoms with van der Waals surface area (Å²) in [5.74, 6) is 0.889. The second-order valence-electron chi connectivity index (χ2n) is 9.31. The van der Waals surface area contributed by atoms with Crippen molar-refractivity contribution in [3.05, 3.63) is 71.9 Å². The zero-order valence-corrected chi connectivity index (χ0v) is 21.6. The van der Waals surface area contributed by atoms with Gasteiger partial charge >= 0.3 is 5.97 Å². The second kappa shape index (κ2) is 9.97. The molecule has 2 heterocycles. The first kappa shape index (κ1) is 24.4. The number of nitrogens with zero attached hydrogens (tertiary/aromatic N) is 4. The number of aryl methyl sites for hydroxylation is 1. The summed E-state index contributed by atoms with van der Waals surface area (Å²) in [6.07, 6.45) is 0.160. The Labute approximate surface area is 215 Å². The predicted molar refractivity (Wildman–Crippen MR) is 145 cm³/mol. The molecule has 0 radical (unpaired) electrons. The topological polar surface area (TPSA) is 97.2 Å². The number of hydrogen-bond donors (Lipinski definition) is 1. The van der Waals surface area contributed by atoms with Gasteiger partial charge in [0, 0.05) is 35.0 Å². The number of nitrogen functional groups attached to an aromatic ring is 1. The lowest BCUT2D eigenvalue weighted by Crippen LogP contribution is -2.09. The first-order valence-corrected chi connectivity index (χ1v) is 12.5. The van der Waals surface area contributed by atoms with Crippen molar-refractivity contribution >= 4 is 33.6 Å². The summed E-state index contributed by atoms with van der Waals surface area (Å²) < 4.78 is 15.2. The molecule has 0 aliphatic heterocycles. The molecule has 5 aromatic rings. The minimum absolute atomic E-state index is 0.160. The van der Waals surface area contributed by atoms with E-state index in [4.69, 9.17) is 20.3 Å². The van der Waals surface area contributed by atoms with Gasteiger partial charge in [0.05, 0.1) is 24.1 Å². The standard InChI is InChI=1S/C29H31N5O3/c1-5-36-27(35)16-20-9-6-7-12-26(20)37-17-24-23-15-19(13-14-25(23)34(31-24)18(2)3)21-10-8-11-22-28(21)33(4)32-29(22)30/h6-15,18H,5,16-17H2,1-4H3,(H2,30,32). The average Bonchev–Trinajstić information content (AvgIpc) is 3.40. The van der Waals surface area contributed by atoms with Gasteiger partial charge in [-0.1, -0.05) is 36.4 Å². The van der Waals surface area contributed by atoms with Crippen molar-refractivity contribution in [2.24, 2.45) is 7.05 Å². The number of fused-ring (bicyclic) bond motifs is 2. The van der Waals surface area contributed by atoms with Crippen LogP contribution in [-0.2, 0) is 29.6 Å². The van der Waals surface area contributed by atoms with Crippen molar-refractivity contribution in [2.45, 2.75) is 39.8 Å². The molecule has 0 spiro atoms. The molecule has 0 aliphatic rings. The first-order valence-electron chi connectivity index (χ1n) is 12.5. The van der Waals surface area contributed by atoms with Crippen molar-refractivity contribution in [3.63, 3.8) is 0 Å². The van der Waals surface area contributed by atoms with Gasteiger partial charge in [-0.2, -0.15) is 10.2 Å². The van der Waals surface area contributed by atoms with E-state index in [-0.39, 0.29) is 25.0 Å². The van der Waals surface area contributed by atoms with Gasteiger partial charge in [-0.25, -0.2) is 0 Å². The molecule has 2 aromatic heterocycles. The molecule has 190 valence electrons. The third-order valence-electron chi connectivity index (χ3n) is 6.45. The van der Waals surface area contributed by atoms with Gasteiger partial charge < -0.3 is 15.2 Å². The molecule has 0 unspecified atom stereocenters. The average molecular weight is 498 g/mol. The van der Waals surface area contributed by atoms with Crippen molar-refractivity contribution in [3.8, 4) is 16.9 Å². The van der Waals surface area contributed by atoms with Crippen LogP contribution in [0.1, 0.15) is 38.1 Å². The highest BCUT2D eigenvalue weighted by molar-refractivity contribution is 6.01. The summed E-state index contributed by atoms with van der Waals surface area (Å²) >= 11 is 0. The van der Waals surface area contributed by atoms with Crippen LogP contribution in [0.15, 0.2) is 60.7 Å². The van der Waals surface area contributed by atoms with E-state index in [1.54, 1.807) is 6.92 Å². The van der Waals surface area contributed by atoms with Gasteiger partial charge in [0.1, 0.15) is 18.1 Å². The monoisotopic (exact) mass is 497 g/mol. The summed E-state index contributed by atoms with van der Waals surface area (Å²) in [5.41, 5.74) is 11.9. The first-order chi connectivity index (χ1) is 17.9. The molecule has 0 fully saturated rings. The normalized spacial score (nSPS) is 11.5. The fourth-order valence-corrected chi connectivity index (χ4v) is 4.77. The molecular formula is C29H31N5O3. The maximum Gasteiger partial charge on any atom is 0.310 e. The molecule has 3 aromatic carbocycles. The molecule has 0 bridgehead atoms. The predicted octanol–water partition coefficient (Wildman–Crippen LogP) is 5.44. The highest BCUT2D eigenvalue weighted by atomic mass is 16.5. The molecule has 2 N–H and O–H groups in total. The van der Waals surface area contributed by atoms with Gasteiger partial charge in [-0.05, 0) is 50.6 Å². The Morgan fingerprint density at radius 1 is 1.03 bits per heavy atom. The van der Waals surface area contributed by atoms with E-state index in [2.05, 4.69) is 43.2 Å². The van der Waals surface area contributed by atoms with E-state index in [1.165, 1.54) is 0 Å². The number of aromatic nitrogens is 4. The molecule has 8 nitrogen and oxygen atoms in total. The summed E-state index contributed by atoms with van der Waals surface area (Å²) in [4.78, 5) is 12.1. The van der Waals surface area contributed by atoms with Gasteiger partial charge in [-0.3, -0.25) is 14.2 Å². The van der Waals surface area contributed by atoms with E-state index < -0.39 is 0 Å². The Hall–Kier alpha value is -4.33.